The maximum Gasteiger partial charge on any atom is 0.265 e. The second-order valence-electron chi connectivity index (χ2n) is 5.80. The lowest BCUT2D eigenvalue weighted by molar-refractivity contribution is -0.129. The Hall–Kier alpha value is -2.83. The predicted octanol–water partition coefficient (Wildman–Crippen LogP) is 0.916. The third kappa shape index (κ3) is 3.73. The van der Waals surface area contributed by atoms with E-state index < -0.39 is 5.91 Å². The molecule has 0 saturated carbocycles. The molecule has 0 radical (unpaired) electrons. The zero-order valence-corrected chi connectivity index (χ0v) is 13.2. The number of fused-ring (bicyclic) bond motifs is 1. The van der Waals surface area contributed by atoms with Crippen LogP contribution in [0.3, 0.4) is 0 Å². The Morgan fingerprint density at radius 3 is 2.79 bits per heavy atom. The van der Waals surface area contributed by atoms with Crippen LogP contribution in [0.25, 0.3) is 0 Å². The highest BCUT2D eigenvalue weighted by Gasteiger charge is 2.27. The van der Waals surface area contributed by atoms with E-state index in [9.17, 15) is 14.4 Å². The van der Waals surface area contributed by atoms with E-state index in [4.69, 9.17) is 4.74 Å². The minimum atomic E-state index is -0.463. The second-order valence-corrected chi connectivity index (χ2v) is 5.80. The standard InChI is InChI=1S/C17H19N3O4/c21-15(9-12-5-1-2-6-12)18-19-16(22)10-20-13-7-3-4-8-14(13)24-11-17(20)23/h1,3-5,7-8,12H,2,6,9-11H2,(H,18,21)(H,19,22)/t12-/m1/s1. The highest BCUT2D eigenvalue weighted by Crippen LogP contribution is 2.31. The molecule has 1 aliphatic heterocycles. The van der Waals surface area contributed by atoms with E-state index in [1.807, 2.05) is 6.08 Å². The van der Waals surface area contributed by atoms with Crippen LogP contribution in [0.15, 0.2) is 36.4 Å². The first kappa shape index (κ1) is 16.0. The minimum Gasteiger partial charge on any atom is -0.482 e. The minimum absolute atomic E-state index is 0.106. The fourth-order valence-corrected chi connectivity index (χ4v) is 2.80. The molecule has 0 saturated heterocycles. The van der Waals surface area contributed by atoms with E-state index in [1.165, 1.54) is 4.90 Å². The smallest absolute Gasteiger partial charge is 0.265 e. The van der Waals surface area contributed by atoms with Gasteiger partial charge in [0.1, 0.15) is 12.3 Å². The van der Waals surface area contributed by atoms with Gasteiger partial charge in [-0.15, -0.1) is 0 Å². The lowest BCUT2D eigenvalue weighted by atomic mass is 10.1. The number of para-hydroxylation sites is 2. The fourth-order valence-electron chi connectivity index (χ4n) is 2.80. The molecule has 1 heterocycles. The Bertz CT molecular complexity index is 686. The third-order valence-corrected chi connectivity index (χ3v) is 4.01. The van der Waals surface area contributed by atoms with Gasteiger partial charge in [-0.3, -0.25) is 30.1 Å². The maximum absolute atomic E-state index is 12.0. The number of anilines is 1. The van der Waals surface area contributed by atoms with Gasteiger partial charge in [0.25, 0.3) is 11.8 Å². The summed E-state index contributed by atoms with van der Waals surface area (Å²) in [6, 6.07) is 7.02. The Labute approximate surface area is 139 Å². The Morgan fingerprint density at radius 2 is 2.00 bits per heavy atom. The quantitative estimate of drug-likeness (QED) is 0.635. The van der Waals surface area contributed by atoms with Gasteiger partial charge >= 0.3 is 0 Å². The molecule has 0 bridgehead atoms. The highest BCUT2D eigenvalue weighted by molar-refractivity contribution is 6.02. The number of allylic oxidation sites excluding steroid dienone is 2. The number of hydrogen-bond donors (Lipinski definition) is 2. The molecule has 2 N–H and O–H groups in total. The molecule has 3 amide bonds. The number of hydrazine groups is 1. The fraction of sp³-hybridized carbons (Fsp3) is 0.353. The van der Waals surface area contributed by atoms with E-state index in [0.717, 1.165) is 12.8 Å². The monoisotopic (exact) mass is 329 g/mol. The van der Waals surface area contributed by atoms with Crippen LogP contribution in [-0.4, -0.2) is 30.9 Å². The third-order valence-electron chi connectivity index (χ3n) is 4.01. The summed E-state index contributed by atoms with van der Waals surface area (Å²) in [5.74, 6) is -0.216. The van der Waals surface area contributed by atoms with E-state index >= 15 is 0 Å². The number of hydrogen-bond acceptors (Lipinski definition) is 4. The normalized spacial score (nSPS) is 18.8. The van der Waals surface area contributed by atoms with Crippen molar-refractivity contribution in [2.45, 2.75) is 19.3 Å². The Morgan fingerprint density at radius 1 is 1.21 bits per heavy atom. The van der Waals surface area contributed by atoms with E-state index in [-0.39, 0.29) is 30.9 Å². The van der Waals surface area contributed by atoms with Crippen LogP contribution in [0.1, 0.15) is 19.3 Å². The van der Waals surface area contributed by atoms with Gasteiger partial charge in [-0.05, 0) is 30.9 Å². The highest BCUT2D eigenvalue weighted by atomic mass is 16.5. The van der Waals surface area contributed by atoms with Crippen LogP contribution in [0.4, 0.5) is 5.69 Å². The summed E-state index contributed by atoms with van der Waals surface area (Å²) in [4.78, 5) is 37.2. The number of carbonyl (C=O) groups is 3. The van der Waals surface area contributed by atoms with Crippen LogP contribution in [0.2, 0.25) is 0 Å². The van der Waals surface area contributed by atoms with Crippen LogP contribution in [-0.2, 0) is 14.4 Å². The molecular formula is C17H19N3O4. The van der Waals surface area contributed by atoms with Crippen molar-refractivity contribution in [1.82, 2.24) is 10.9 Å². The molecule has 126 valence electrons. The average Bonchev–Trinajstić information content (AvgIpc) is 3.08. The second kappa shape index (κ2) is 7.16. The first-order valence-electron chi connectivity index (χ1n) is 7.90. The van der Waals surface area contributed by atoms with E-state index in [2.05, 4.69) is 16.9 Å². The molecule has 2 aliphatic rings. The van der Waals surface area contributed by atoms with Crippen LogP contribution >= 0.6 is 0 Å². The van der Waals surface area contributed by atoms with Crippen molar-refractivity contribution < 1.29 is 19.1 Å². The number of carbonyl (C=O) groups excluding carboxylic acids is 3. The molecule has 1 aromatic carbocycles. The Balaban J connectivity index is 1.52. The number of rotatable bonds is 4. The summed E-state index contributed by atoms with van der Waals surface area (Å²) in [5, 5.41) is 0. The van der Waals surface area contributed by atoms with Crippen molar-refractivity contribution in [3.8, 4) is 5.75 Å². The molecule has 24 heavy (non-hydrogen) atoms. The topological polar surface area (TPSA) is 87.7 Å². The maximum atomic E-state index is 12.0. The molecule has 1 aliphatic carbocycles. The molecule has 0 unspecified atom stereocenters. The van der Waals surface area contributed by atoms with E-state index in [1.54, 1.807) is 24.3 Å². The molecule has 3 rings (SSSR count). The van der Waals surface area contributed by atoms with Gasteiger partial charge in [0, 0.05) is 6.42 Å². The molecule has 7 heteroatoms. The van der Waals surface area contributed by atoms with Crippen molar-refractivity contribution in [2.24, 2.45) is 5.92 Å². The number of nitrogens with zero attached hydrogens (tertiary/aromatic N) is 1. The van der Waals surface area contributed by atoms with Gasteiger partial charge in [-0.25, -0.2) is 0 Å². The van der Waals surface area contributed by atoms with Crippen LogP contribution in [0.5, 0.6) is 5.75 Å². The average molecular weight is 329 g/mol. The first-order chi connectivity index (χ1) is 11.6. The van der Waals surface area contributed by atoms with Crippen LogP contribution in [0, 0.1) is 5.92 Å². The lowest BCUT2D eigenvalue weighted by Gasteiger charge is -2.28. The number of amides is 3. The molecule has 1 aromatic rings. The summed E-state index contributed by atoms with van der Waals surface area (Å²) in [5.41, 5.74) is 5.30. The molecule has 0 fully saturated rings. The predicted molar refractivity (Wildman–Crippen MR) is 87.1 cm³/mol. The van der Waals surface area contributed by atoms with E-state index in [0.29, 0.717) is 17.9 Å². The summed E-state index contributed by atoms with van der Waals surface area (Å²) < 4.78 is 5.32. The zero-order chi connectivity index (χ0) is 16.9. The summed E-state index contributed by atoms with van der Waals surface area (Å²) >= 11 is 0. The zero-order valence-electron chi connectivity index (χ0n) is 13.2. The number of ether oxygens (including phenoxy) is 1. The molecule has 0 aromatic heterocycles. The van der Waals surface area contributed by atoms with Gasteiger partial charge in [0.2, 0.25) is 5.91 Å². The molecular weight excluding hydrogens is 310 g/mol. The SMILES string of the molecule is O=C(C[C@@H]1C=CCC1)NNC(=O)CN1C(=O)COc2ccccc21. The van der Waals surface area contributed by atoms with Crippen molar-refractivity contribution in [3.63, 3.8) is 0 Å². The first-order valence-corrected chi connectivity index (χ1v) is 7.90. The number of nitrogens with one attached hydrogen (secondary N) is 2. The van der Waals surface area contributed by atoms with Gasteiger partial charge in [0.05, 0.1) is 5.69 Å². The summed E-state index contributed by atoms with van der Waals surface area (Å²) in [6.07, 6.45) is 6.36. The van der Waals surface area contributed by atoms with Gasteiger partial charge < -0.3 is 4.74 Å². The molecule has 1 atom stereocenters. The van der Waals surface area contributed by atoms with Crippen molar-refractivity contribution in [3.05, 3.63) is 36.4 Å². The lowest BCUT2D eigenvalue weighted by Crippen LogP contribution is -2.49. The molecule has 0 spiro atoms. The van der Waals surface area contributed by atoms with Crippen molar-refractivity contribution in [2.75, 3.05) is 18.1 Å². The summed E-state index contributed by atoms with van der Waals surface area (Å²) in [7, 11) is 0. The number of benzene rings is 1. The summed E-state index contributed by atoms with van der Waals surface area (Å²) in [6.45, 7) is -0.284. The van der Waals surface area contributed by atoms with Gasteiger partial charge in [-0.2, -0.15) is 0 Å². The van der Waals surface area contributed by atoms with Crippen molar-refractivity contribution >= 4 is 23.4 Å². The van der Waals surface area contributed by atoms with Crippen LogP contribution < -0.4 is 20.5 Å². The van der Waals surface area contributed by atoms with Gasteiger partial charge in [0.15, 0.2) is 6.61 Å². The largest absolute Gasteiger partial charge is 0.482 e. The van der Waals surface area contributed by atoms with Crippen molar-refractivity contribution in [1.29, 1.82) is 0 Å². The Kier molecular flexibility index (Phi) is 4.79. The molecule has 7 nitrogen and oxygen atoms in total. The van der Waals surface area contributed by atoms with Gasteiger partial charge in [-0.1, -0.05) is 24.3 Å².